The second kappa shape index (κ2) is 5.44. The van der Waals surface area contributed by atoms with Crippen LogP contribution in [-0.2, 0) is 0 Å². The van der Waals surface area contributed by atoms with Gasteiger partial charge in [0.2, 0.25) is 5.88 Å². The first-order valence-electron chi connectivity index (χ1n) is 5.81. The van der Waals surface area contributed by atoms with Crippen molar-refractivity contribution in [3.63, 3.8) is 0 Å². The van der Waals surface area contributed by atoms with Crippen molar-refractivity contribution in [2.45, 2.75) is 31.0 Å². The van der Waals surface area contributed by atoms with Crippen LogP contribution in [0.15, 0.2) is 22.3 Å². The van der Waals surface area contributed by atoms with Crippen LogP contribution in [0, 0.1) is 20.8 Å². The third-order valence-corrected chi connectivity index (χ3v) is 3.76. The minimum absolute atomic E-state index is 0.525. The third kappa shape index (κ3) is 2.96. The summed E-state index contributed by atoms with van der Waals surface area (Å²) < 4.78 is 5.09. The van der Waals surface area contributed by atoms with Gasteiger partial charge >= 0.3 is 0 Å². The Balaban J connectivity index is 2.36. The molecule has 0 radical (unpaired) electrons. The van der Waals surface area contributed by atoms with Gasteiger partial charge in [-0.3, -0.25) is 0 Å². The molecule has 0 unspecified atom stereocenters. The van der Waals surface area contributed by atoms with E-state index in [1.54, 1.807) is 19.2 Å². The number of hydrogen-bond acceptors (Lipinski definition) is 6. The van der Waals surface area contributed by atoms with Gasteiger partial charge in [-0.15, -0.1) is 0 Å². The van der Waals surface area contributed by atoms with E-state index in [1.807, 2.05) is 20.8 Å². The molecule has 2 N–H and O–H groups in total. The van der Waals surface area contributed by atoms with Crippen LogP contribution in [-0.4, -0.2) is 22.1 Å². The van der Waals surface area contributed by atoms with Crippen LogP contribution in [0.2, 0.25) is 0 Å². The van der Waals surface area contributed by atoms with Crippen LogP contribution in [0.4, 0.5) is 5.69 Å². The lowest BCUT2D eigenvalue weighted by molar-refractivity contribution is 0.395. The van der Waals surface area contributed by atoms with E-state index in [0.29, 0.717) is 21.7 Å². The number of nitrogens with zero attached hydrogens (tertiary/aromatic N) is 3. The molecule has 0 aliphatic carbocycles. The normalized spacial score (nSPS) is 10.5. The first kappa shape index (κ1) is 13.6. The summed E-state index contributed by atoms with van der Waals surface area (Å²) in [6.45, 7) is 5.95. The molecule has 0 saturated carbocycles. The number of hydrogen-bond donors (Lipinski definition) is 1. The summed E-state index contributed by atoms with van der Waals surface area (Å²) in [5.41, 5.74) is 9.54. The molecule has 0 amide bonds. The fourth-order valence-corrected chi connectivity index (χ4v) is 2.36. The third-order valence-electron chi connectivity index (χ3n) is 2.87. The zero-order valence-corrected chi connectivity index (χ0v) is 12.2. The van der Waals surface area contributed by atoms with Gasteiger partial charge in [0.15, 0.2) is 5.16 Å². The smallest absolute Gasteiger partial charge is 0.214 e. The minimum atomic E-state index is 0.525. The van der Waals surface area contributed by atoms with Crippen molar-refractivity contribution < 1.29 is 4.74 Å². The van der Waals surface area contributed by atoms with Gasteiger partial charge in [-0.2, -0.15) is 0 Å². The zero-order chi connectivity index (χ0) is 14.0. The molecular formula is C13H16N4OS. The summed E-state index contributed by atoms with van der Waals surface area (Å²) in [6, 6.07) is 3.49. The lowest BCUT2D eigenvalue weighted by atomic mass is 10.2. The van der Waals surface area contributed by atoms with Gasteiger partial charge in [0.05, 0.1) is 12.8 Å². The maximum atomic E-state index is 5.90. The maximum Gasteiger partial charge on any atom is 0.214 e. The Morgan fingerprint density at radius 1 is 1.05 bits per heavy atom. The molecular weight excluding hydrogens is 260 g/mol. The number of nitrogens with two attached hydrogens (primary N) is 1. The van der Waals surface area contributed by atoms with Crippen LogP contribution in [0.1, 0.15) is 17.0 Å². The predicted molar refractivity (Wildman–Crippen MR) is 75.6 cm³/mol. The summed E-state index contributed by atoms with van der Waals surface area (Å²) in [6.07, 6.45) is 0. The molecule has 0 aliphatic heterocycles. The lowest BCUT2D eigenvalue weighted by Crippen LogP contribution is -2.00. The van der Waals surface area contributed by atoms with Crippen LogP contribution in [0.5, 0.6) is 5.88 Å². The summed E-state index contributed by atoms with van der Waals surface area (Å²) in [7, 11) is 1.57. The van der Waals surface area contributed by atoms with Crippen molar-refractivity contribution >= 4 is 17.4 Å². The number of aryl methyl sites for hydroxylation is 2. The van der Waals surface area contributed by atoms with Gasteiger partial charge in [-0.25, -0.2) is 15.0 Å². The Morgan fingerprint density at radius 3 is 2.26 bits per heavy atom. The Morgan fingerprint density at radius 2 is 1.68 bits per heavy atom. The topological polar surface area (TPSA) is 73.9 Å². The molecule has 0 atom stereocenters. The van der Waals surface area contributed by atoms with E-state index < -0.39 is 0 Å². The molecule has 5 nitrogen and oxygen atoms in total. The van der Waals surface area contributed by atoms with Crippen LogP contribution >= 0.6 is 11.8 Å². The number of nitrogen functional groups attached to an aromatic ring is 1. The van der Waals surface area contributed by atoms with E-state index in [9.17, 15) is 0 Å². The molecule has 2 aromatic heterocycles. The van der Waals surface area contributed by atoms with Crippen molar-refractivity contribution in [2.24, 2.45) is 0 Å². The fraction of sp³-hybridized carbons (Fsp3) is 0.308. The quantitative estimate of drug-likeness (QED) is 0.868. The maximum absolute atomic E-state index is 5.90. The Bertz CT molecular complexity index is 593. The average molecular weight is 276 g/mol. The second-order valence-electron chi connectivity index (χ2n) is 4.15. The van der Waals surface area contributed by atoms with E-state index >= 15 is 0 Å². The average Bonchev–Trinajstić information content (AvgIpc) is 2.38. The molecule has 2 aromatic rings. The highest BCUT2D eigenvalue weighted by atomic mass is 32.2. The molecule has 6 heteroatoms. The monoisotopic (exact) mass is 276 g/mol. The van der Waals surface area contributed by atoms with Crippen molar-refractivity contribution in [3.05, 3.63) is 29.1 Å². The minimum Gasteiger partial charge on any atom is -0.481 e. The van der Waals surface area contributed by atoms with Crippen molar-refractivity contribution in [1.82, 2.24) is 15.0 Å². The highest BCUT2D eigenvalue weighted by molar-refractivity contribution is 7.99. The molecule has 0 saturated heterocycles. The van der Waals surface area contributed by atoms with Crippen LogP contribution in [0.3, 0.4) is 0 Å². The van der Waals surface area contributed by atoms with E-state index in [1.165, 1.54) is 11.8 Å². The highest BCUT2D eigenvalue weighted by Crippen LogP contribution is 2.30. The number of anilines is 1. The van der Waals surface area contributed by atoms with Gasteiger partial charge in [0, 0.05) is 17.5 Å². The van der Waals surface area contributed by atoms with Gasteiger partial charge in [0.25, 0.3) is 0 Å². The number of methoxy groups -OCH3 is 1. The van der Waals surface area contributed by atoms with Gasteiger partial charge in [0.1, 0.15) is 5.03 Å². The number of ether oxygens (including phenoxy) is 1. The predicted octanol–water partition coefficient (Wildman–Crippen LogP) is 2.54. The molecule has 0 aromatic carbocycles. The van der Waals surface area contributed by atoms with Crippen molar-refractivity contribution in [3.8, 4) is 5.88 Å². The molecule has 0 bridgehead atoms. The summed E-state index contributed by atoms with van der Waals surface area (Å²) in [5.74, 6) is 0.525. The largest absolute Gasteiger partial charge is 0.481 e. The molecule has 2 rings (SSSR count). The van der Waals surface area contributed by atoms with Crippen LogP contribution in [0.25, 0.3) is 0 Å². The molecule has 19 heavy (non-hydrogen) atoms. The standard InChI is InChI=1S/C13H16N4OS/c1-7-8(2)15-13(16-9(7)3)19-12-10(14)5-6-11(17-12)18-4/h5-6H,14H2,1-4H3. The molecule has 2 heterocycles. The first-order valence-corrected chi connectivity index (χ1v) is 6.63. The van der Waals surface area contributed by atoms with Crippen LogP contribution < -0.4 is 10.5 Å². The number of pyridine rings is 1. The molecule has 100 valence electrons. The Kier molecular flexibility index (Phi) is 3.90. The molecule has 0 spiro atoms. The van der Waals surface area contributed by atoms with E-state index in [-0.39, 0.29) is 0 Å². The number of rotatable bonds is 3. The van der Waals surface area contributed by atoms with Gasteiger partial charge < -0.3 is 10.5 Å². The van der Waals surface area contributed by atoms with Gasteiger partial charge in [-0.05, 0) is 44.2 Å². The zero-order valence-electron chi connectivity index (χ0n) is 11.4. The Labute approximate surface area is 116 Å². The first-order chi connectivity index (χ1) is 9.01. The van der Waals surface area contributed by atoms with E-state index in [2.05, 4.69) is 15.0 Å². The van der Waals surface area contributed by atoms with E-state index in [0.717, 1.165) is 17.0 Å². The van der Waals surface area contributed by atoms with Crippen molar-refractivity contribution in [2.75, 3.05) is 12.8 Å². The Hall–Kier alpha value is -1.82. The summed E-state index contributed by atoms with van der Waals surface area (Å²) in [5, 5.41) is 1.30. The molecule has 0 fully saturated rings. The molecule has 0 aliphatic rings. The fourth-order valence-electron chi connectivity index (χ4n) is 1.50. The second-order valence-corrected chi connectivity index (χ2v) is 5.11. The van der Waals surface area contributed by atoms with Gasteiger partial charge in [-0.1, -0.05) is 0 Å². The van der Waals surface area contributed by atoms with Crippen molar-refractivity contribution in [1.29, 1.82) is 0 Å². The number of aromatic nitrogens is 3. The lowest BCUT2D eigenvalue weighted by Gasteiger charge is -2.08. The summed E-state index contributed by atoms with van der Waals surface area (Å²) >= 11 is 1.34. The van der Waals surface area contributed by atoms with E-state index in [4.69, 9.17) is 10.5 Å². The SMILES string of the molecule is COc1ccc(N)c(Sc2nc(C)c(C)c(C)n2)n1. The highest BCUT2D eigenvalue weighted by Gasteiger charge is 2.10. The summed E-state index contributed by atoms with van der Waals surface area (Å²) in [4.78, 5) is 13.2.